The summed E-state index contributed by atoms with van der Waals surface area (Å²) < 4.78 is 5.14. The minimum absolute atomic E-state index is 0.0716. The van der Waals surface area contributed by atoms with Crippen LogP contribution in [0.5, 0.6) is 5.75 Å². The highest BCUT2D eigenvalue weighted by Crippen LogP contribution is 2.27. The summed E-state index contributed by atoms with van der Waals surface area (Å²) in [5, 5.41) is 4.00. The van der Waals surface area contributed by atoms with Crippen LogP contribution in [-0.4, -0.2) is 29.5 Å². The molecule has 2 heterocycles. The largest absolute Gasteiger partial charge is 0.497 e. The lowest BCUT2D eigenvalue weighted by molar-refractivity contribution is -0.121. The van der Waals surface area contributed by atoms with Gasteiger partial charge in [0.05, 0.1) is 12.8 Å². The van der Waals surface area contributed by atoms with Gasteiger partial charge in [0.25, 0.3) is 0 Å². The maximum absolute atomic E-state index is 12.1. The van der Waals surface area contributed by atoms with E-state index < -0.39 is 0 Å². The van der Waals surface area contributed by atoms with Crippen LogP contribution < -0.4 is 10.1 Å². The van der Waals surface area contributed by atoms with Crippen molar-refractivity contribution in [1.82, 2.24) is 15.3 Å². The number of carbonyl (C=O) groups excluding carboxylic acids is 1. The highest BCUT2D eigenvalue weighted by Gasteiger charge is 2.10. The van der Waals surface area contributed by atoms with Crippen molar-refractivity contribution in [3.05, 3.63) is 64.9 Å². The third kappa shape index (κ3) is 5.37. The van der Waals surface area contributed by atoms with Gasteiger partial charge in [0.1, 0.15) is 10.8 Å². The SMILES string of the molecule is COc1ccc(CCC(=O)NCCc2sc(-c3ccncc3)nc2C)cc1. The van der Waals surface area contributed by atoms with Crippen LogP contribution in [0.1, 0.15) is 22.6 Å². The van der Waals surface area contributed by atoms with Gasteiger partial charge < -0.3 is 10.1 Å². The molecule has 0 unspecified atom stereocenters. The molecule has 0 saturated carbocycles. The Bertz CT molecular complexity index is 876. The van der Waals surface area contributed by atoms with E-state index >= 15 is 0 Å². The van der Waals surface area contributed by atoms with E-state index in [4.69, 9.17) is 4.74 Å². The van der Waals surface area contributed by atoms with Crippen LogP contribution in [0.15, 0.2) is 48.8 Å². The van der Waals surface area contributed by atoms with Crippen molar-refractivity contribution in [3.63, 3.8) is 0 Å². The Labute approximate surface area is 163 Å². The predicted octanol–water partition coefficient (Wildman–Crippen LogP) is 3.81. The van der Waals surface area contributed by atoms with Crippen molar-refractivity contribution < 1.29 is 9.53 Å². The molecule has 1 aromatic carbocycles. The van der Waals surface area contributed by atoms with Gasteiger partial charge in [-0.1, -0.05) is 12.1 Å². The molecule has 0 bridgehead atoms. The third-order valence-electron chi connectivity index (χ3n) is 4.29. The van der Waals surface area contributed by atoms with Crippen molar-refractivity contribution >= 4 is 17.2 Å². The van der Waals surface area contributed by atoms with Crippen LogP contribution in [0.4, 0.5) is 0 Å². The van der Waals surface area contributed by atoms with Gasteiger partial charge in [-0.2, -0.15) is 0 Å². The van der Waals surface area contributed by atoms with Crippen molar-refractivity contribution in [2.45, 2.75) is 26.2 Å². The lowest BCUT2D eigenvalue weighted by atomic mass is 10.1. The Balaban J connectivity index is 1.45. The molecule has 6 heteroatoms. The second-order valence-corrected chi connectivity index (χ2v) is 7.30. The summed E-state index contributed by atoms with van der Waals surface area (Å²) in [4.78, 5) is 22.0. The normalized spacial score (nSPS) is 10.6. The summed E-state index contributed by atoms with van der Waals surface area (Å²) in [5.74, 6) is 0.900. The van der Waals surface area contributed by atoms with E-state index in [1.165, 1.54) is 4.88 Å². The quantitative estimate of drug-likeness (QED) is 0.644. The Morgan fingerprint density at radius 1 is 1.11 bits per heavy atom. The number of amides is 1. The molecule has 1 N–H and O–H groups in total. The lowest BCUT2D eigenvalue weighted by Gasteiger charge is -2.06. The van der Waals surface area contributed by atoms with E-state index in [0.29, 0.717) is 13.0 Å². The number of hydrogen-bond donors (Lipinski definition) is 1. The Hall–Kier alpha value is -2.73. The molecule has 0 aliphatic carbocycles. The first kappa shape index (κ1) is 19.0. The van der Waals surface area contributed by atoms with Crippen molar-refractivity contribution in [1.29, 1.82) is 0 Å². The Morgan fingerprint density at radius 2 is 1.85 bits per heavy atom. The zero-order chi connectivity index (χ0) is 19.1. The number of ether oxygens (including phenoxy) is 1. The average molecular weight is 382 g/mol. The summed E-state index contributed by atoms with van der Waals surface area (Å²) in [6.45, 7) is 2.64. The molecule has 0 aliphatic rings. The monoisotopic (exact) mass is 381 g/mol. The number of benzene rings is 1. The molecular formula is C21H23N3O2S. The fourth-order valence-electron chi connectivity index (χ4n) is 2.73. The maximum Gasteiger partial charge on any atom is 0.220 e. The van der Waals surface area contributed by atoms with E-state index in [0.717, 1.165) is 40.4 Å². The predicted molar refractivity (Wildman–Crippen MR) is 108 cm³/mol. The summed E-state index contributed by atoms with van der Waals surface area (Å²) >= 11 is 1.68. The Morgan fingerprint density at radius 3 is 2.56 bits per heavy atom. The highest BCUT2D eigenvalue weighted by atomic mass is 32.1. The lowest BCUT2D eigenvalue weighted by Crippen LogP contribution is -2.25. The van der Waals surface area contributed by atoms with Crippen LogP contribution in [0.2, 0.25) is 0 Å². The fourth-order valence-corrected chi connectivity index (χ4v) is 3.80. The number of nitrogens with one attached hydrogen (secondary N) is 1. The van der Waals surface area contributed by atoms with Crippen LogP contribution in [0, 0.1) is 6.92 Å². The minimum Gasteiger partial charge on any atom is -0.497 e. The molecule has 0 fully saturated rings. The number of methoxy groups -OCH3 is 1. The smallest absolute Gasteiger partial charge is 0.220 e. The first-order valence-corrected chi connectivity index (χ1v) is 9.73. The van der Waals surface area contributed by atoms with Gasteiger partial charge in [-0.05, 0) is 43.2 Å². The first-order chi connectivity index (χ1) is 13.2. The number of carbonyl (C=O) groups is 1. The zero-order valence-corrected chi connectivity index (χ0v) is 16.4. The molecule has 0 atom stereocenters. The fraction of sp³-hybridized carbons (Fsp3) is 0.286. The summed E-state index contributed by atoms with van der Waals surface area (Å²) in [5.41, 5.74) is 3.23. The van der Waals surface area contributed by atoms with E-state index in [2.05, 4.69) is 15.3 Å². The van der Waals surface area contributed by atoms with Gasteiger partial charge in [0.15, 0.2) is 0 Å². The van der Waals surface area contributed by atoms with Gasteiger partial charge >= 0.3 is 0 Å². The molecule has 0 spiro atoms. The number of nitrogens with zero attached hydrogens (tertiary/aromatic N) is 2. The van der Waals surface area contributed by atoms with Crippen LogP contribution in [-0.2, 0) is 17.6 Å². The van der Waals surface area contributed by atoms with Crippen molar-refractivity contribution in [2.75, 3.05) is 13.7 Å². The average Bonchev–Trinajstić information content (AvgIpc) is 3.08. The van der Waals surface area contributed by atoms with E-state index in [9.17, 15) is 4.79 Å². The molecule has 2 aromatic heterocycles. The van der Waals surface area contributed by atoms with E-state index in [-0.39, 0.29) is 5.91 Å². The standard InChI is InChI=1S/C21H23N3O2S/c1-15-19(27-21(24-15)17-9-12-22-13-10-17)11-14-23-20(25)8-5-16-3-6-18(26-2)7-4-16/h3-4,6-7,9-10,12-13H,5,8,11,14H2,1-2H3,(H,23,25). The number of aromatic nitrogens is 2. The Kier molecular flexibility index (Phi) is 6.54. The van der Waals surface area contributed by atoms with Gasteiger partial charge in [-0.25, -0.2) is 4.98 Å². The van der Waals surface area contributed by atoms with Crippen LogP contribution in [0.25, 0.3) is 10.6 Å². The molecule has 0 radical (unpaired) electrons. The number of hydrogen-bond acceptors (Lipinski definition) is 5. The third-order valence-corrected chi connectivity index (χ3v) is 5.56. The summed E-state index contributed by atoms with van der Waals surface area (Å²) in [7, 11) is 1.65. The molecule has 0 aliphatic heterocycles. The van der Waals surface area contributed by atoms with Crippen molar-refractivity contribution in [3.8, 4) is 16.3 Å². The number of rotatable bonds is 8. The van der Waals surface area contributed by atoms with Gasteiger partial charge in [-0.3, -0.25) is 9.78 Å². The summed E-state index contributed by atoms with van der Waals surface area (Å²) in [6.07, 6.45) is 5.55. The van der Waals surface area contributed by atoms with Crippen molar-refractivity contribution in [2.24, 2.45) is 0 Å². The molecule has 3 rings (SSSR count). The number of thiazole rings is 1. The molecule has 0 saturated heterocycles. The van der Waals surface area contributed by atoms with E-state index in [1.54, 1.807) is 30.8 Å². The molecular weight excluding hydrogens is 358 g/mol. The minimum atomic E-state index is 0.0716. The van der Waals surface area contributed by atoms with Gasteiger partial charge in [0, 0.05) is 42.2 Å². The molecule has 140 valence electrons. The molecule has 5 nitrogen and oxygen atoms in total. The maximum atomic E-state index is 12.1. The van der Waals surface area contributed by atoms with Crippen LogP contribution in [0.3, 0.4) is 0 Å². The molecule has 3 aromatic rings. The second kappa shape index (κ2) is 9.28. The number of aryl methyl sites for hydroxylation is 2. The van der Waals surface area contributed by atoms with E-state index in [1.807, 2.05) is 43.3 Å². The van der Waals surface area contributed by atoms with Crippen LogP contribution >= 0.6 is 11.3 Å². The molecule has 1 amide bonds. The number of pyridine rings is 1. The highest BCUT2D eigenvalue weighted by molar-refractivity contribution is 7.15. The van der Waals surface area contributed by atoms with Gasteiger partial charge in [0.2, 0.25) is 5.91 Å². The zero-order valence-electron chi connectivity index (χ0n) is 15.6. The first-order valence-electron chi connectivity index (χ1n) is 8.92. The topological polar surface area (TPSA) is 64.1 Å². The van der Waals surface area contributed by atoms with Gasteiger partial charge in [-0.15, -0.1) is 11.3 Å². The second-order valence-electron chi connectivity index (χ2n) is 6.21. The molecule has 27 heavy (non-hydrogen) atoms. The summed E-state index contributed by atoms with van der Waals surface area (Å²) in [6, 6.07) is 11.7.